The van der Waals surface area contributed by atoms with Crippen molar-refractivity contribution in [2.45, 2.75) is 46.0 Å². The molecule has 1 nitrogen and oxygen atoms in total. The van der Waals surface area contributed by atoms with E-state index in [4.69, 9.17) is 4.74 Å². The standard InChI is InChI=1S/C12H22O/c1-5-13-12(4)10-8-6-7-9-11(2)3/h5,11H,1,4,6-10H2,2-3H3. The summed E-state index contributed by atoms with van der Waals surface area (Å²) in [4.78, 5) is 0. The zero-order valence-corrected chi connectivity index (χ0v) is 9.01. The average Bonchev–Trinajstić information content (AvgIpc) is 2.03. The zero-order chi connectivity index (χ0) is 10.1. The first-order valence-corrected chi connectivity index (χ1v) is 5.12. The van der Waals surface area contributed by atoms with Crippen LogP contribution in [0.1, 0.15) is 46.0 Å². The lowest BCUT2D eigenvalue weighted by Crippen LogP contribution is -1.88. The Labute approximate surface area is 82.5 Å². The fraction of sp³-hybridized carbons (Fsp3) is 0.667. The van der Waals surface area contributed by atoms with Gasteiger partial charge in [-0.15, -0.1) is 0 Å². The predicted octanol–water partition coefficient (Wildman–Crippen LogP) is 4.27. The lowest BCUT2D eigenvalue weighted by atomic mass is 10.0. The molecule has 0 bridgehead atoms. The van der Waals surface area contributed by atoms with Gasteiger partial charge in [0.2, 0.25) is 0 Å². The molecule has 0 aliphatic rings. The van der Waals surface area contributed by atoms with Gasteiger partial charge in [0.15, 0.2) is 0 Å². The molecule has 0 aromatic heterocycles. The first kappa shape index (κ1) is 12.3. The number of allylic oxidation sites excluding steroid dienone is 1. The number of unbranched alkanes of at least 4 members (excludes halogenated alkanes) is 2. The SMILES string of the molecule is C=COC(=C)CCCCCC(C)C. The van der Waals surface area contributed by atoms with E-state index in [1.54, 1.807) is 0 Å². The minimum Gasteiger partial charge on any atom is -0.471 e. The van der Waals surface area contributed by atoms with Crippen molar-refractivity contribution in [3.05, 3.63) is 25.2 Å². The summed E-state index contributed by atoms with van der Waals surface area (Å²) in [6, 6.07) is 0. The molecule has 0 saturated carbocycles. The molecule has 76 valence electrons. The van der Waals surface area contributed by atoms with Crippen molar-refractivity contribution in [2.24, 2.45) is 5.92 Å². The minimum atomic E-state index is 0.827. The van der Waals surface area contributed by atoms with Crippen molar-refractivity contribution in [2.75, 3.05) is 0 Å². The highest BCUT2D eigenvalue weighted by atomic mass is 16.5. The average molecular weight is 182 g/mol. The molecule has 0 fully saturated rings. The molecule has 0 aromatic carbocycles. The molecule has 0 aliphatic carbocycles. The summed E-state index contributed by atoms with van der Waals surface area (Å²) in [6.07, 6.45) is 7.51. The highest BCUT2D eigenvalue weighted by molar-refractivity contribution is 4.84. The Morgan fingerprint density at radius 1 is 1.31 bits per heavy atom. The zero-order valence-electron chi connectivity index (χ0n) is 9.01. The molecular formula is C12H22O. The second kappa shape index (κ2) is 7.90. The Morgan fingerprint density at radius 2 is 2.00 bits per heavy atom. The van der Waals surface area contributed by atoms with Crippen molar-refractivity contribution >= 4 is 0 Å². The van der Waals surface area contributed by atoms with Gasteiger partial charge in [0.05, 0.1) is 12.0 Å². The summed E-state index contributed by atoms with van der Waals surface area (Å²) in [7, 11) is 0. The van der Waals surface area contributed by atoms with E-state index < -0.39 is 0 Å². The van der Waals surface area contributed by atoms with E-state index in [1.165, 1.54) is 31.9 Å². The monoisotopic (exact) mass is 182 g/mol. The van der Waals surface area contributed by atoms with E-state index in [0.717, 1.165) is 18.1 Å². The summed E-state index contributed by atoms with van der Waals surface area (Å²) >= 11 is 0. The summed E-state index contributed by atoms with van der Waals surface area (Å²) < 4.78 is 5.04. The molecule has 0 unspecified atom stereocenters. The largest absolute Gasteiger partial charge is 0.471 e. The Bertz CT molecular complexity index is 147. The Hall–Kier alpha value is -0.720. The normalized spacial score (nSPS) is 10.1. The van der Waals surface area contributed by atoms with Gasteiger partial charge in [0.25, 0.3) is 0 Å². The highest BCUT2D eigenvalue weighted by Crippen LogP contribution is 2.12. The van der Waals surface area contributed by atoms with Crippen LogP contribution in [-0.4, -0.2) is 0 Å². The van der Waals surface area contributed by atoms with Crippen molar-refractivity contribution in [3.63, 3.8) is 0 Å². The summed E-state index contributed by atoms with van der Waals surface area (Å²) in [6.45, 7) is 11.8. The van der Waals surface area contributed by atoms with E-state index in [1.807, 2.05) is 0 Å². The van der Waals surface area contributed by atoms with Gasteiger partial charge in [0.1, 0.15) is 0 Å². The van der Waals surface area contributed by atoms with Gasteiger partial charge in [-0.25, -0.2) is 0 Å². The molecule has 0 heterocycles. The molecule has 0 amide bonds. The first-order chi connectivity index (χ1) is 6.16. The maximum Gasteiger partial charge on any atom is 0.0960 e. The molecule has 0 aromatic rings. The number of hydrogen-bond donors (Lipinski definition) is 0. The summed E-state index contributed by atoms with van der Waals surface area (Å²) in [5, 5.41) is 0. The van der Waals surface area contributed by atoms with Crippen LogP contribution in [0.25, 0.3) is 0 Å². The maximum atomic E-state index is 5.04. The Kier molecular flexibility index (Phi) is 7.47. The third-order valence-corrected chi connectivity index (χ3v) is 1.99. The molecule has 0 radical (unpaired) electrons. The Balaban J connectivity index is 3.16. The molecule has 0 saturated heterocycles. The van der Waals surface area contributed by atoms with Gasteiger partial charge in [-0.05, 0) is 12.3 Å². The van der Waals surface area contributed by atoms with Crippen LogP contribution in [0.5, 0.6) is 0 Å². The van der Waals surface area contributed by atoms with Crippen LogP contribution in [0.4, 0.5) is 0 Å². The van der Waals surface area contributed by atoms with Gasteiger partial charge in [-0.2, -0.15) is 0 Å². The molecule has 13 heavy (non-hydrogen) atoms. The number of rotatable bonds is 8. The summed E-state index contributed by atoms with van der Waals surface area (Å²) in [5.41, 5.74) is 0. The molecule has 0 rings (SSSR count). The second-order valence-corrected chi connectivity index (χ2v) is 3.82. The lowest BCUT2D eigenvalue weighted by molar-refractivity contribution is 0.331. The topological polar surface area (TPSA) is 9.23 Å². The first-order valence-electron chi connectivity index (χ1n) is 5.12. The van der Waals surface area contributed by atoms with Crippen molar-refractivity contribution in [1.82, 2.24) is 0 Å². The third kappa shape index (κ3) is 9.19. The van der Waals surface area contributed by atoms with E-state index in [0.29, 0.717) is 0 Å². The van der Waals surface area contributed by atoms with Gasteiger partial charge in [0, 0.05) is 6.42 Å². The van der Waals surface area contributed by atoms with Crippen LogP contribution in [0.2, 0.25) is 0 Å². The fourth-order valence-corrected chi connectivity index (χ4v) is 1.23. The van der Waals surface area contributed by atoms with Crippen LogP contribution in [0.3, 0.4) is 0 Å². The fourth-order valence-electron chi connectivity index (χ4n) is 1.23. The maximum absolute atomic E-state index is 5.04. The van der Waals surface area contributed by atoms with E-state index in [2.05, 4.69) is 27.0 Å². The van der Waals surface area contributed by atoms with Gasteiger partial charge in [-0.3, -0.25) is 0 Å². The van der Waals surface area contributed by atoms with Gasteiger partial charge < -0.3 is 4.74 Å². The number of hydrogen-bond acceptors (Lipinski definition) is 1. The van der Waals surface area contributed by atoms with Crippen LogP contribution in [0, 0.1) is 5.92 Å². The van der Waals surface area contributed by atoms with Crippen LogP contribution in [0.15, 0.2) is 25.2 Å². The molecule has 0 atom stereocenters. The van der Waals surface area contributed by atoms with E-state index in [9.17, 15) is 0 Å². The molecule has 0 aliphatic heterocycles. The Morgan fingerprint density at radius 3 is 2.54 bits per heavy atom. The van der Waals surface area contributed by atoms with Crippen molar-refractivity contribution < 1.29 is 4.74 Å². The van der Waals surface area contributed by atoms with Crippen molar-refractivity contribution in [1.29, 1.82) is 0 Å². The van der Waals surface area contributed by atoms with E-state index in [-0.39, 0.29) is 0 Å². The smallest absolute Gasteiger partial charge is 0.0960 e. The predicted molar refractivity (Wildman–Crippen MR) is 58.3 cm³/mol. The highest BCUT2D eigenvalue weighted by Gasteiger charge is 1.96. The van der Waals surface area contributed by atoms with Crippen LogP contribution in [-0.2, 0) is 4.74 Å². The molecule has 0 N–H and O–H groups in total. The minimum absolute atomic E-state index is 0.827. The summed E-state index contributed by atoms with van der Waals surface area (Å²) in [5.74, 6) is 1.66. The van der Waals surface area contributed by atoms with Gasteiger partial charge in [-0.1, -0.05) is 46.3 Å². The second-order valence-electron chi connectivity index (χ2n) is 3.82. The van der Waals surface area contributed by atoms with Crippen LogP contribution >= 0.6 is 0 Å². The quantitative estimate of drug-likeness (QED) is 0.402. The molecule has 1 heteroatoms. The lowest BCUT2D eigenvalue weighted by Gasteiger charge is -2.05. The number of ether oxygens (including phenoxy) is 1. The van der Waals surface area contributed by atoms with Crippen LogP contribution < -0.4 is 0 Å². The molecular weight excluding hydrogens is 160 g/mol. The molecule has 0 spiro atoms. The van der Waals surface area contributed by atoms with Gasteiger partial charge >= 0.3 is 0 Å². The third-order valence-electron chi connectivity index (χ3n) is 1.99. The van der Waals surface area contributed by atoms with E-state index >= 15 is 0 Å². The van der Waals surface area contributed by atoms with Crippen molar-refractivity contribution in [3.8, 4) is 0 Å².